The summed E-state index contributed by atoms with van der Waals surface area (Å²) >= 11 is 0. The zero-order chi connectivity index (χ0) is 22.6. The largest absolute Gasteiger partial charge is 0.362 e. The van der Waals surface area contributed by atoms with E-state index in [0.29, 0.717) is 0 Å². The van der Waals surface area contributed by atoms with Gasteiger partial charge >= 0.3 is 0 Å². The highest BCUT2D eigenvalue weighted by Gasteiger charge is 2.54. The average Bonchev–Trinajstić information content (AvgIpc) is 3.05. The number of aromatic nitrogens is 3. The van der Waals surface area contributed by atoms with E-state index in [1.54, 1.807) is 0 Å². The average molecular weight is 431 g/mol. The summed E-state index contributed by atoms with van der Waals surface area (Å²) in [5.74, 6) is 1.91. The van der Waals surface area contributed by atoms with Crippen LogP contribution in [0.5, 0.6) is 0 Å². The summed E-state index contributed by atoms with van der Waals surface area (Å²) in [5, 5.41) is 14.4. The fraction of sp³-hybridized carbons (Fsp3) is 0.440. The number of hydrogen-bond donors (Lipinski definition) is 1. The highest BCUT2D eigenvalue weighted by molar-refractivity contribution is 5.95. The van der Waals surface area contributed by atoms with Gasteiger partial charge < -0.3 is 15.1 Å². The molecule has 2 aliphatic heterocycles. The Hall–Kier alpha value is -3.22. The Bertz CT molecular complexity index is 1220. The minimum Gasteiger partial charge on any atom is -0.362 e. The zero-order valence-corrected chi connectivity index (χ0v) is 19.4. The summed E-state index contributed by atoms with van der Waals surface area (Å²) in [4.78, 5) is 21.3. The number of carbonyl (C=O) groups is 1. The van der Waals surface area contributed by atoms with Gasteiger partial charge in [0.1, 0.15) is 5.82 Å². The second-order valence-corrected chi connectivity index (χ2v) is 9.49. The van der Waals surface area contributed by atoms with Crippen molar-refractivity contribution in [3.8, 4) is 0 Å². The first-order chi connectivity index (χ1) is 15.3. The van der Waals surface area contributed by atoms with Crippen LogP contribution in [0.15, 0.2) is 30.5 Å². The van der Waals surface area contributed by atoms with Crippen LogP contribution in [0.1, 0.15) is 41.8 Å². The lowest BCUT2D eigenvalue weighted by Crippen LogP contribution is -2.60. The van der Waals surface area contributed by atoms with Crippen molar-refractivity contribution >= 4 is 28.3 Å². The number of nitrogens with zero attached hydrogens (tertiary/aromatic N) is 5. The third kappa shape index (κ3) is 3.18. The highest BCUT2D eigenvalue weighted by atomic mass is 16.2. The van der Waals surface area contributed by atoms with E-state index in [9.17, 15) is 4.79 Å². The molecule has 166 valence electrons. The van der Waals surface area contributed by atoms with Crippen LogP contribution >= 0.6 is 0 Å². The van der Waals surface area contributed by atoms with Crippen molar-refractivity contribution < 1.29 is 4.79 Å². The lowest BCUT2D eigenvalue weighted by atomic mass is 9.78. The Labute approximate surface area is 188 Å². The molecule has 1 amide bonds. The van der Waals surface area contributed by atoms with Crippen LogP contribution in [-0.2, 0) is 4.79 Å². The molecule has 0 bridgehead atoms. The van der Waals surface area contributed by atoms with E-state index in [2.05, 4.69) is 65.5 Å². The monoisotopic (exact) mass is 430 g/mol. The summed E-state index contributed by atoms with van der Waals surface area (Å²) in [7, 11) is 1.89. The van der Waals surface area contributed by atoms with Crippen molar-refractivity contribution in [1.29, 1.82) is 0 Å². The van der Waals surface area contributed by atoms with Crippen molar-refractivity contribution in [3.63, 3.8) is 0 Å². The smallest absolute Gasteiger partial charge is 0.232 e. The summed E-state index contributed by atoms with van der Waals surface area (Å²) in [6.45, 7) is 10.7. The first-order valence-electron chi connectivity index (χ1n) is 11.3. The summed E-state index contributed by atoms with van der Waals surface area (Å²) < 4.78 is 0. The number of anilines is 2. The Morgan fingerprint density at radius 3 is 2.62 bits per heavy atom. The van der Waals surface area contributed by atoms with Gasteiger partial charge in [0.05, 0.1) is 17.2 Å². The molecular formula is C25H30N6O. The fourth-order valence-electron chi connectivity index (χ4n) is 5.10. The molecule has 32 heavy (non-hydrogen) atoms. The molecule has 0 saturated carbocycles. The minimum absolute atomic E-state index is 0.0886. The number of carbonyl (C=O) groups excluding carboxylic acids is 1. The molecule has 4 heterocycles. The van der Waals surface area contributed by atoms with Crippen molar-refractivity contribution in [2.45, 2.75) is 40.2 Å². The van der Waals surface area contributed by atoms with Gasteiger partial charge in [-0.15, -0.1) is 5.10 Å². The molecule has 0 unspecified atom stereocenters. The summed E-state index contributed by atoms with van der Waals surface area (Å²) in [5.41, 5.74) is 4.45. The number of aryl methyl sites for hydroxylation is 2. The maximum atomic E-state index is 12.6. The van der Waals surface area contributed by atoms with Gasteiger partial charge in [-0.05, 0) is 56.9 Å². The van der Waals surface area contributed by atoms with Gasteiger partial charge in [-0.2, -0.15) is 5.10 Å². The second kappa shape index (κ2) is 7.43. The molecule has 1 aromatic carbocycles. The predicted octanol–water partition coefficient (Wildman–Crippen LogP) is 3.79. The van der Waals surface area contributed by atoms with E-state index in [1.165, 1.54) is 16.7 Å². The van der Waals surface area contributed by atoms with Crippen LogP contribution in [0.3, 0.4) is 0 Å². The van der Waals surface area contributed by atoms with Crippen LogP contribution in [0.25, 0.3) is 10.8 Å². The molecule has 2 aromatic heterocycles. The molecule has 1 N–H and O–H groups in total. The van der Waals surface area contributed by atoms with Crippen LogP contribution in [0.2, 0.25) is 0 Å². The molecule has 7 heteroatoms. The minimum atomic E-state index is -0.226. The van der Waals surface area contributed by atoms with Gasteiger partial charge in [-0.1, -0.05) is 18.2 Å². The molecule has 7 nitrogen and oxygen atoms in total. The molecule has 2 fully saturated rings. The van der Waals surface area contributed by atoms with Crippen LogP contribution < -0.4 is 10.2 Å². The fourth-order valence-corrected chi connectivity index (χ4v) is 5.10. The molecule has 2 saturated heterocycles. The molecule has 0 radical (unpaired) electrons. The number of amides is 1. The predicted molar refractivity (Wildman–Crippen MR) is 127 cm³/mol. The van der Waals surface area contributed by atoms with Crippen molar-refractivity contribution in [2.24, 2.45) is 5.41 Å². The van der Waals surface area contributed by atoms with Gasteiger partial charge in [-0.25, -0.2) is 4.98 Å². The molecule has 1 atom stereocenters. The lowest BCUT2D eigenvalue weighted by Gasteiger charge is -2.47. The zero-order valence-electron chi connectivity index (χ0n) is 19.4. The van der Waals surface area contributed by atoms with Gasteiger partial charge in [0, 0.05) is 43.7 Å². The summed E-state index contributed by atoms with van der Waals surface area (Å²) in [6, 6.07) is 8.57. The van der Waals surface area contributed by atoms with Crippen molar-refractivity contribution in [2.75, 3.05) is 36.9 Å². The first-order valence-corrected chi connectivity index (χ1v) is 11.3. The summed E-state index contributed by atoms with van der Waals surface area (Å²) in [6.07, 6.45) is 2.81. The standard InChI is InChI=1S/C25H30N6O/c1-15-7-6-8-19(16(15)2)17(3)27-23-20-11-22(26-12-21(20)18(4)28-29-23)31-13-25(14-31)9-10-30(5)24(25)32/h6-8,11-12,17H,9-10,13-14H2,1-5H3,(H,27,29)/t17-/m1/s1. The number of pyridine rings is 1. The maximum Gasteiger partial charge on any atom is 0.232 e. The van der Waals surface area contributed by atoms with Gasteiger partial charge in [-0.3, -0.25) is 4.79 Å². The molecular weight excluding hydrogens is 400 g/mol. The van der Waals surface area contributed by atoms with Gasteiger partial charge in [0.15, 0.2) is 5.82 Å². The third-order valence-corrected chi connectivity index (χ3v) is 7.34. The molecule has 1 spiro atoms. The maximum absolute atomic E-state index is 12.6. The Kier molecular flexibility index (Phi) is 4.80. The number of benzene rings is 1. The Morgan fingerprint density at radius 1 is 1.12 bits per heavy atom. The van der Waals surface area contributed by atoms with E-state index in [-0.39, 0.29) is 17.4 Å². The quantitative estimate of drug-likeness (QED) is 0.679. The third-order valence-electron chi connectivity index (χ3n) is 7.34. The van der Waals surface area contributed by atoms with Crippen molar-refractivity contribution in [1.82, 2.24) is 20.1 Å². The van der Waals surface area contributed by atoms with Crippen LogP contribution in [-0.4, -0.2) is 52.7 Å². The van der Waals surface area contributed by atoms with E-state index >= 15 is 0 Å². The SMILES string of the molecule is Cc1cccc([C@@H](C)Nc2nnc(C)c3cnc(N4CC5(CCN(C)C5=O)C4)cc23)c1C. The lowest BCUT2D eigenvalue weighted by molar-refractivity contribution is -0.136. The topological polar surface area (TPSA) is 74.2 Å². The normalized spacial score (nSPS) is 18.3. The van der Waals surface area contributed by atoms with E-state index in [1.807, 2.05) is 25.1 Å². The second-order valence-electron chi connectivity index (χ2n) is 9.49. The number of likely N-dealkylation sites (tertiary alicyclic amines) is 1. The molecule has 2 aliphatic rings. The van der Waals surface area contributed by atoms with Crippen LogP contribution in [0.4, 0.5) is 11.6 Å². The number of fused-ring (bicyclic) bond motifs is 1. The van der Waals surface area contributed by atoms with E-state index < -0.39 is 0 Å². The highest BCUT2D eigenvalue weighted by Crippen LogP contribution is 2.42. The van der Waals surface area contributed by atoms with Gasteiger partial charge in [0.25, 0.3) is 0 Å². The molecule has 0 aliphatic carbocycles. The van der Waals surface area contributed by atoms with Crippen LogP contribution in [0, 0.1) is 26.2 Å². The van der Waals surface area contributed by atoms with E-state index in [0.717, 1.165) is 54.2 Å². The van der Waals surface area contributed by atoms with Gasteiger partial charge in [0.2, 0.25) is 5.91 Å². The van der Waals surface area contributed by atoms with Crippen molar-refractivity contribution in [3.05, 3.63) is 52.8 Å². The number of nitrogens with one attached hydrogen (secondary N) is 1. The number of rotatable bonds is 4. The molecule has 3 aromatic rings. The first kappa shape index (κ1) is 20.7. The van der Waals surface area contributed by atoms with E-state index in [4.69, 9.17) is 4.98 Å². The Morgan fingerprint density at radius 2 is 1.91 bits per heavy atom. The Balaban J connectivity index is 1.45. The molecule has 5 rings (SSSR count). The number of hydrogen-bond acceptors (Lipinski definition) is 6.